The molecule has 2 rings (SSSR count). The molecule has 0 fully saturated rings. The number of hydrogen-bond acceptors (Lipinski definition) is 3. The zero-order chi connectivity index (χ0) is 18.3. The van der Waals surface area contributed by atoms with Crippen LogP contribution in [-0.4, -0.2) is 7.11 Å². The van der Waals surface area contributed by atoms with Gasteiger partial charge in [0.15, 0.2) is 0 Å². The number of alkyl halides is 3. The van der Waals surface area contributed by atoms with Gasteiger partial charge < -0.3 is 16.2 Å². The molecule has 2 aromatic rings. The number of rotatable bonds is 3. The maximum atomic E-state index is 12.1. The largest absolute Gasteiger partial charge is 0.497 e. The topological polar surface area (TPSA) is 61.3 Å². The fourth-order valence-corrected chi connectivity index (χ4v) is 1.88. The highest BCUT2D eigenvalue weighted by Crippen LogP contribution is 2.29. The van der Waals surface area contributed by atoms with Crippen molar-refractivity contribution in [2.45, 2.75) is 32.1 Å². The Hall–Kier alpha value is -2.05. The second-order valence-electron chi connectivity index (χ2n) is 5.47. The summed E-state index contributed by atoms with van der Waals surface area (Å²) >= 11 is 0. The van der Waals surface area contributed by atoms with Gasteiger partial charge in [0.2, 0.25) is 0 Å². The van der Waals surface area contributed by atoms with Crippen molar-refractivity contribution >= 4 is 0 Å². The van der Waals surface area contributed by atoms with Crippen LogP contribution in [0.5, 0.6) is 5.75 Å². The molecule has 0 bridgehead atoms. The first-order chi connectivity index (χ1) is 11.1. The van der Waals surface area contributed by atoms with Crippen molar-refractivity contribution in [3.63, 3.8) is 0 Å². The van der Waals surface area contributed by atoms with Crippen LogP contribution in [-0.2, 0) is 6.18 Å². The number of benzene rings is 2. The molecule has 4 N–H and O–H groups in total. The van der Waals surface area contributed by atoms with Crippen LogP contribution in [0.1, 0.15) is 42.6 Å². The van der Waals surface area contributed by atoms with Crippen LogP contribution in [0, 0.1) is 0 Å². The summed E-state index contributed by atoms with van der Waals surface area (Å²) in [6.45, 7) is 3.68. The highest BCUT2D eigenvalue weighted by atomic mass is 19.4. The molecule has 2 aromatic carbocycles. The van der Waals surface area contributed by atoms with Crippen LogP contribution < -0.4 is 16.2 Å². The van der Waals surface area contributed by atoms with E-state index in [1.54, 1.807) is 14.0 Å². The number of nitrogens with two attached hydrogens (primary N) is 2. The lowest BCUT2D eigenvalue weighted by Gasteiger charge is -2.09. The van der Waals surface area contributed by atoms with Gasteiger partial charge in [-0.2, -0.15) is 13.2 Å². The molecule has 0 heterocycles. The van der Waals surface area contributed by atoms with Crippen LogP contribution in [0.25, 0.3) is 0 Å². The van der Waals surface area contributed by atoms with Crippen molar-refractivity contribution in [2.75, 3.05) is 7.11 Å². The average molecular weight is 340 g/mol. The fourth-order valence-electron chi connectivity index (χ4n) is 1.88. The molecular weight excluding hydrogens is 317 g/mol. The van der Waals surface area contributed by atoms with Gasteiger partial charge in [-0.05, 0) is 49.2 Å². The maximum Gasteiger partial charge on any atom is 0.416 e. The number of hydrogen-bond donors (Lipinski definition) is 2. The normalized spacial score (nSPS) is 13.5. The Bertz CT molecular complexity index is 606. The molecule has 0 aliphatic heterocycles. The summed E-state index contributed by atoms with van der Waals surface area (Å²) in [6.07, 6.45) is -4.27. The van der Waals surface area contributed by atoms with Gasteiger partial charge >= 0.3 is 6.18 Å². The molecule has 0 spiro atoms. The Morgan fingerprint density at radius 1 is 0.792 bits per heavy atom. The zero-order valence-electron chi connectivity index (χ0n) is 14.0. The molecule has 0 aromatic heterocycles. The molecule has 24 heavy (non-hydrogen) atoms. The van der Waals surface area contributed by atoms with Crippen LogP contribution in [0.3, 0.4) is 0 Å². The third-order valence-corrected chi connectivity index (χ3v) is 3.41. The van der Waals surface area contributed by atoms with E-state index in [9.17, 15) is 13.2 Å². The predicted octanol–water partition coefficient (Wildman–Crippen LogP) is 4.44. The van der Waals surface area contributed by atoms with E-state index in [0.29, 0.717) is 5.56 Å². The van der Waals surface area contributed by atoms with E-state index in [1.165, 1.54) is 12.1 Å². The van der Waals surface area contributed by atoms with E-state index >= 15 is 0 Å². The summed E-state index contributed by atoms with van der Waals surface area (Å²) in [5.74, 6) is 0.870. The third kappa shape index (κ3) is 6.22. The van der Waals surface area contributed by atoms with E-state index in [-0.39, 0.29) is 12.1 Å². The number of halogens is 3. The molecule has 0 aliphatic carbocycles. The Labute approximate surface area is 140 Å². The number of methoxy groups -OCH3 is 1. The fraction of sp³-hybridized carbons (Fsp3) is 0.333. The van der Waals surface area contributed by atoms with Gasteiger partial charge in [-0.15, -0.1) is 0 Å². The van der Waals surface area contributed by atoms with Crippen molar-refractivity contribution < 1.29 is 17.9 Å². The summed E-state index contributed by atoms with van der Waals surface area (Å²) in [5.41, 5.74) is 12.3. The summed E-state index contributed by atoms with van der Waals surface area (Å²) in [7, 11) is 1.65. The minimum atomic E-state index is -4.27. The van der Waals surface area contributed by atoms with Crippen molar-refractivity contribution in [2.24, 2.45) is 11.5 Å². The molecule has 3 nitrogen and oxygen atoms in total. The van der Waals surface area contributed by atoms with E-state index in [4.69, 9.17) is 16.2 Å². The molecule has 2 atom stereocenters. The van der Waals surface area contributed by atoms with Crippen LogP contribution >= 0.6 is 0 Å². The first-order valence-corrected chi connectivity index (χ1v) is 7.47. The van der Waals surface area contributed by atoms with E-state index in [2.05, 4.69) is 0 Å². The lowest BCUT2D eigenvalue weighted by molar-refractivity contribution is -0.137. The molecular formula is C18H23F3N2O. The minimum Gasteiger partial charge on any atom is -0.497 e. The quantitative estimate of drug-likeness (QED) is 0.868. The van der Waals surface area contributed by atoms with Crippen molar-refractivity contribution in [3.8, 4) is 5.75 Å². The molecule has 0 radical (unpaired) electrons. The first kappa shape index (κ1) is 20.0. The molecule has 0 saturated carbocycles. The Morgan fingerprint density at radius 2 is 1.17 bits per heavy atom. The monoisotopic (exact) mass is 340 g/mol. The molecule has 0 saturated heterocycles. The van der Waals surface area contributed by atoms with Gasteiger partial charge in [0.1, 0.15) is 5.75 Å². The smallest absolute Gasteiger partial charge is 0.416 e. The van der Waals surface area contributed by atoms with Gasteiger partial charge in [0.05, 0.1) is 12.7 Å². The molecule has 6 heteroatoms. The lowest BCUT2D eigenvalue weighted by atomic mass is 10.1. The van der Waals surface area contributed by atoms with Gasteiger partial charge in [0, 0.05) is 12.1 Å². The SMILES string of the molecule is CC(N)c1ccc(C(F)(F)F)cc1.COc1ccc(C(C)N)cc1. The van der Waals surface area contributed by atoms with Crippen molar-refractivity contribution in [1.82, 2.24) is 0 Å². The summed E-state index contributed by atoms with van der Waals surface area (Å²) in [6, 6.07) is 12.5. The second-order valence-corrected chi connectivity index (χ2v) is 5.47. The molecule has 132 valence electrons. The summed E-state index contributed by atoms with van der Waals surface area (Å²) in [5, 5.41) is 0. The Kier molecular flexibility index (Phi) is 7.25. The Balaban J connectivity index is 0.000000243. The van der Waals surface area contributed by atoms with Gasteiger partial charge in [0.25, 0.3) is 0 Å². The second kappa shape index (κ2) is 8.70. The first-order valence-electron chi connectivity index (χ1n) is 7.47. The molecule has 2 unspecified atom stereocenters. The Morgan fingerprint density at radius 3 is 1.46 bits per heavy atom. The average Bonchev–Trinajstić information content (AvgIpc) is 2.54. The van der Waals surface area contributed by atoms with E-state index in [1.807, 2.05) is 31.2 Å². The van der Waals surface area contributed by atoms with Crippen molar-refractivity contribution in [1.29, 1.82) is 0 Å². The summed E-state index contributed by atoms with van der Waals surface area (Å²) < 4.78 is 41.3. The molecule has 0 aliphatic rings. The van der Waals surface area contributed by atoms with Crippen LogP contribution in [0.2, 0.25) is 0 Å². The third-order valence-electron chi connectivity index (χ3n) is 3.41. The highest BCUT2D eigenvalue weighted by molar-refractivity contribution is 5.28. The number of ether oxygens (including phenoxy) is 1. The van der Waals surface area contributed by atoms with E-state index in [0.717, 1.165) is 23.4 Å². The molecule has 0 amide bonds. The lowest BCUT2D eigenvalue weighted by Crippen LogP contribution is -2.07. The van der Waals surface area contributed by atoms with Gasteiger partial charge in [-0.3, -0.25) is 0 Å². The minimum absolute atomic E-state index is 0.0981. The van der Waals surface area contributed by atoms with Gasteiger partial charge in [-0.1, -0.05) is 24.3 Å². The van der Waals surface area contributed by atoms with Gasteiger partial charge in [-0.25, -0.2) is 0 Å². The van der Waals surface area contributed by atoms with Crippen LogP contribution in [0.15, 0.2) is 48.5 Å². The summed E-state index contributed by atoms with van der Waals surface area (Å²) in [4.78, 5) is 0. The zero-order valence-corrected chi connectivity index (χ0v) is 14.0. The van der Waals surface area contributed by atoms with Crippen LogP contribution in [0.4, 0.5) is 13.2 Å². The van der Waals surface area contributed by atoms with E-state index < -0.39 is 11.7 Å². The standard InChI is InChI=1S/C9H10F3N.C9H13NO/c1-6(13)7-2-4-8(5-3-7)9(10,11)12;1-7(10)8-3-5-9(11-2)6-4-8/h2-6H,13H2,1H3;3-7H,10H2,1-2H3. The maximum absolute atomic E-state index is 12.1. The predicted molar refractivity (Wildman–Crippen MR) is 89.6 cm³/mol. The van der Waals surface area contributed by atoms with Crippen molar-refractivity contribution in [3.05, 3.63) is 65.2 Å². The highest BCUT2D eigenvalue weighted by Gasteiger charge is 2.29.